The minimum atomic E-state index is -0.346. The molecule has 0 aliphatic carbocycles. The van der Waals surface area contributed by atoms with E-state index in [1.807, 2.05) is 14.1 Å². The molecule has 16 heavy (non-hydrogen) atoms. The number of aliphatic hydroxyl groups excluding tert-OH is 1. The average molecular weight is 222 g/mol. The maximum Gasteiger partial charge on any atom is 0.0662 e. The van der Waals surface area contributed by atoms with Crippen molar-refractivity contribution in [3.05, 3.63) is 29.8 Å². The van der Waals surface area contributed by atoms with E-state index in [1.54, 1.807) is 0 Å². The van der Waals surface area contributed by atoms with Crippen LogP contribution in [-0.2, 0) is 6.42 Å². The largest absolute Gasteiger partial charge is 0.392 e. The van der Waals surface area contributed by atoms with E-state index in [-0.39, 0.29) is 6.10 Å². The van der Waals surface area contributed by atoms with Crippen LogP contribution in [-0.4, -0.2) is 31.9 Å². The molecule has 1 atom stereocenters. The summed E-state index contributed by atoms with van der Waals surface area (Å²) in [6.07, 6.45) is 2.43. The molecule has 0 aromatic heterocycles. The molecule has 0 radical (unpaired) electrons. The molecular formula is C13H22N2O. The Bertz CT molecular complexity index is 295. The first-order chi connectivity index (χ1) is 7.63. The molecule has 0 amide bonds. The Balaban J connectivity index is 2.38. The minimum absolute atomic E-state index is 0.346. The van der Waals surface area contributed by atoms with E-state index in [1.165, 1.54) is 11.3 Å². The van der Waals surface area contributed by atoms with Crippen molar-refractivity contribution in [2.24, 2.45) is 5.73 Å². The number of nitrogens with two attached hydrogens (primary N) is 1. The third kappa shape index (κ3) is 4.21. The van der Waals surface area contributed by atoms with Crippen molar-refractivity contribution in [1.29, 1.82) is 0 Å². The summed E-state index contributed by atoms with van der Waals surface area (Å²) in [7, 11) is 4.07. The van der Waals surface area contributed by atoms with Crippen molar-refractivity contribution in [2.75, 3.05) is 25.5 Å². The molecule has 0 heterocycles. The predicted molar refractivity (Wildman–Crippen MR) is 68.8 cm³/mol. The smallest absolute Gasteiger partial charge is 0.0662 e. The SMILES string of the molecule is CN(C)c1ccc(CCCC(O)CN)cc1. The summed E-state index contributed by atoms with van der Waals surface area (Å²) in [6, 6.07) is 8.53. The van der Waals surface area contributed by atoms with E-state index >= 15 is 0 Å². The van der Waals surface area contributed by atoms with Crippen LogP contribution in [0, 0.1) is 0 Å². The third-order valence-electron chi connectivity index (χ3n) is 2.73. The first-order valence-electron chi connectivity index (χ1n) is 5.78. The van der Waals surface area contributed by atoms with Gasteiger partial charge in [0.15, 0.2) is 0 Å². The van der Waals surface area contributed by atoms with Gasteiger partial charge in [-0.25, -0.2) is 0 Å². The Morgan fingerprint density at radius 1 is 1.25 bits per heavy atom. The van der Waals surface area contributed by atoms with Crippen LogP contribution in [0.25, 0.3) is 0 Å². The van der Waals surface area contributed by atoms with Gasteiger partial charge in [-0.1, -0.05) is 12.1 Å². The number of aryl methyl sites for hydroxylation is 1. The zero-order valence-electron chi connectivity index (χ0n) is 10.2. The molecule has 0 fully saturated rings. The van der Waals surface area contributed by atoms with Crippen LogP contribution in [0.15, 0.2) is 24.3 Å². The molecule has 0 saturated carbocycles. The van der Waals surface area contributed by atoms with Crippen LogP contribution in [0.2, 0.25) is 0 Å². The highest BCUT2D eigenvalue weighted by molar-refractivity contribution is 5.45. The molecule has 1 aromatic rings. The first kappa shape index (κ1) is 13.0. The van der Waals surface area contributed by atoms with E-state index in [2.05, 4.69) is 29.2 Å². The Morgan fingerprint density at radius 3 is 2.38 bits per heavy atom. The van der Waals surface area contributed by atoms with E-state index in [0.717, 1.165) is 19.3 Å². The average Bonchev–Trinajstić information content (AvgIpc) is 2.29. The fraction of sp³-hybridized carbons (Fsp3) is 0.538. The number of hydrogen-bond acceptors (Lipinski definition) is 3. The Morgan fingerprint density at radius 2 is 1.88 bits per heavy atom. The van der Waals surface area contributed by atoms with Gasteiger partial charge in [-0.05, 0) is 37.0 Å². The molecule has 1 rings (SSSR count). The number of nitrogens with zero attached hydrogens (tertiary/aromatic N) is 1. The van der Waals surface area contributed by atoms with Crippen molar-refractivity contribution in [1.82, 2.24) is 0 Å². The Kier molecular flexibility index (Phi) is 5.29. The van der Waals surface area contributed by atoms with E-state index in [4.69, 9.17) is 5.73 Å². The minimum Gasteiger partial charge on any atom is -0.392 e. The summed E-state index contributed by atoms with van der Waals surface area (Å²) in [5.74, 6) is 0. The van der Waals surface area contributed by atoms with Gasteiger partial charge in [0, 0.05) is 26.3 Å². The van der Waals surface area contributed by atoms with E-state index in [0.29, 0.717) is 6.54 Å². The van der Waals surface area contributed by atoms with Crippen LogP contribution < -0.4 is 10.6 Å². The molecular weight excluding hydrogens is 200 g/mol. The number of rotatable bonds is 6. The van der Waals surface area contributed by atoms with Gasteiger partial charge in [0.05, 0.1) is 6.10 Å². The first-order valence-corrected chi connectivity index (χ1v) is 5.78. The van der Waals surface area contributed by atoms with Crippen molar-refractivity contribution in [3.8, 4) is 0 Å². The van der Waals surface area contributed by atoms with Crippen molar-refractivity contribution in [3.63, 3.8) is 0 Å². The Labute approximate surface area is 97.9 Å². The summed E-state index contributed by atoms with van der Waals surface area (Å²) in [4.78, 5) is 2.09. The predicted octanol–water partition coefficient (Wildman–Crippen LogP) is 1.39. The molecule has 1 unspecified atom stereocenters. The molecule has 3 heteroatoms. The number of benzene rings is 1. The molecule has 0 bridgehead atoms. The molecule has 0 saturated heterocycles. The van der Waals surface area contributed by atoms with Crippen LogP contribution in [0.1, 0.15) is 18.4 Å². The van der Waals surface area contributed by atoms with Crippen molar-refractivity contribution < 1.29 is 5.11 Å². The summed E-state index contributed by atoms with van der Waals surface area (Å²) in [5.41, 5.74) is 7.88. The fourth-order valence-corrected chi connectivity index (χ4v) is 1.62. The summed E-state index contributed by atoms with van der Waals surface area (Å²) < 4.78 is 0. The lowest BCUT2D eigenvalue weighted by atomic mass is 10.1. The van der Waals surface area contributed by atoms with Gasteiger partial charge in [-0.3, -0.25) is 0 Å². The van der Waals surface area contributed by atoms with Crippen LogP contribution >= 0.6 is 0 Å². The number of hydrogen-bond donors (Lipinski definition) is 2. The zero-order valence-corrected chi connectivity index (χ0v) is 10.2. The molecule has 0 aliphatic heterocycles. The molecule has 0 aliphatic rings. The van der Waals surface area contributed by atoms with Crippen LogP contribution in [0.5, 0.6) is 0 Å². The quantitative estimate of drug-likeness (QED) is 0.765. The normalized spacial score (nSPS) is 12.5. The topological polar surface area (TPSA) is 49.5 Å². The highest BCUT2D eigenvalue weighted by Crippen LogP contribution is 2.14. The summed E-state index contributed by atoms with van der Waals surface area (Å²) >= 11 is 0. The number of anilines is 1. The monoisotopic (exact) mass is 222 g/mol. The maximum atomic E-state index is 9.32. The summed E-state index contributed by atoms with van der Waals surface area (Å²) in [5, 5.41) is 9.32. The van der Waals surface area contributed by atoms with Crippen LogP contribution in [0.4, 0.5) is 5.69 Å². The summed E-state index contributed by atoms with van der Waals surface area (Å²) in [6.45, 7) is 0.361. The lowest BCUT2D eigenvalue weighted by molar-refractivity contribution is 0.170. The third-order valence-corrected chi connectivity index (χ3v) is 2.73. The highest BCUT2D eigenvalue weighted by atomic mass is 16.3. The standard InChI is InChI=1S/C13H22N2O/c1-15(2)12-8-6-11(7-9-12)4-3-5-13(16)10-14/h6-9,13,16H,3-5,10,14H2,1-2H3. The van der Waals surface area contributed by atoms with Gasteiger partial charge in [0.2, 0.25) is 0 Å². The fourth-order valence-electron chi connectivity index (χ4n) is 1.62. The van der Waals surface area contributed by atoms with Gasteiger partial charge in [0.1, 0.15) is 0 Å². The highest BCUT2D eigenvalue weighted by Gasteiger charge is 2.01. The van der Waals surface area contributed by atoms with Crippen LogP contribution in [0.3, 0.4) is 0 Å². The number of aliphatic hydroxyl groups is 1. The lowest BCUT2D eigenvalue weighted by Gasteiger charge is -2.13. The second-order valence-corrected chi connectivity index (χ2v) is 4.34. The molecule has 1 aromatic carbocycles. The zero-order chi connectivity index (χ0) is 12.0. The molecule has 90 valence electrons. The molecule has 0 spiro atoms. The van der Waals surface area contributed by atoms with Crippen molar-refractivity contribution >= 4 is 5.69 Å². The second kappa shape index (κ2) is 6.51. The van der Waals surface area contributed by atoms with Gasteiger partial charge in [-0.15, -0.1) is 0 Å². The van der Waals surface area contributed by atoms with E-state index in [9.17, 15) is 5.11 Å². The second-order valence-electron chi connectivity index (χ2n) is 4.34. The Hall–Kier alpha value is -1.06. The molecule has 3 nitrogen and oxygen atoms in total. The van der Waals surface area contributed by atoms with Crippen molar-refractivity contribution in [2.45, 2.75) is 25.4 Å². The maximum absolute atomic E-state index is 9.32. The van der Waals surface area contributed by atoms with E-state index < -0.39 is 0 Å². The van der Waals surface area contributed by atoms with Gasteiger partial charge < -0.3 is 15.7 Å². The van der Waals surface area contributed by atoms with Gasteiger partial charge in [-0.2, -0.15) is 0 Å². The lowest BCUT2D eigenvalue weighted by Crippen LogP contribution is -2.19. The van der Waals surface area contributed by atoms with Gasteiger partial charge >= 0.3 is 0 Å². The molecule has 3 N–H and O–H groups in total. The van der Waals surface area contributed by atoms with Gasteiger partial charge in [0.25, 0.3) is 0 Å².